The molecule has 2 nitrogen and oxygen atoms in total. The molecule has 0 amide bonds. The molecular formula is C20H27NO. The Bertz CT molecular complexity index is 604. The van der Waals surface area contributed by atoms with Gasteiger partial charge in [0, 0.05) is 5.39 Å². The number of rotatable bonds is 9. The fourth-order valence-corrected chi connectivity index (χ4v) is 2.66. The van der Waals surface area contributed by atoms with E-state index >= 15 is 0 Å². The van der Waals surface area contributed by atoms with E-state index in [-0.39, 0.29) is 5.75 Å². The molecule has 2 heteroatoms. The van der Waals surface area contributed by atoms with E-state index in [1.807, 2.05) is 30.3 Å². The van der Waals surface area contributed by atoms with Crippen molar-refractivity contribution in [3.8, 4) is 5.75 Å². The molecule has 22 heavy (non-hydrogen) atoms. The first kappa shape index (κ1) is 16.5. The number of benzene rings is 1. The van der Waals surface area contributed by atoms with Gasteiger partial charge in [-0.15, -0.1) is 0 Å². The maximum absolute atomic E-state index is 10.0. The summed E-state index contributed by atoms with van der Waals surface area (Å²) in [6, 6.07) is 9.66. The van der Waals surface area contributed by atoms with Gasteiger partial charge in [-0.25, -0.2) is 4.98 Å². The molecule has 0 unspecified atom stereocenters. The summed E-state index contributed by atoms with van der Waals surface area (Å²) in [7, 11) is 0. The van der Waals surface area contributed by atoms with Crippen molar-refractivity contribution in [2.75, 3.05) is 0 Å². The summed E-state index contributed by atoms with van der Waals surface area (Å²) < 4.78 is 0. The highest BCUT2D eigenvalue weighted by atomic mass is 16.3. The number of pyridine rings is 1. The third-order valence-electron chi connectivity index (χ3n) is 3.98. The van der Waals surface area contributed by atoms with Gasteiger partial charge in [-0.1, -0.05) is 69.7 Å². The van der Waals surface area contributed by atoms with E-state index in [0.29, 0.717) is 5.69 Å². The average molecular weight is 297 g/mol. The Morgan fingerprint density at radius 1 is 1.00 bits per heavy atom. The minimum Gasteiger partial charge on any atom is -0.506 e. The summed E-state index contributed by atoms with van der Waals surface area (Å²) in [6.07, 6.45) is 14.4. The van der Waals surface area contributed by atoms with Crippen LogP contribution >= 0.6 is 0 Å². The number of fused-ring (bicyclic) bond motifs is 1. The second kappa shape index (κ2) is 9.24. The summed E-state index contributed by atoms with van der Waals surface area (Å²) in [6.45, 7) is 2.25. The lowest BCUT2D eigenvalue weighted by atomic mass is 10.1. The molecule has 0 atom stereocenters. The fraction of sp³-hybridized carbons (Fsp3) is 0.450. The molecule has 0 bridgehead atoms. The van der Waals surface area contributed by atoms with Crippen LogP contribution < -0.4 is 0 Å². The van der Waals surface area contributed by atoms with Crippen LogP contribution in [0.1, 0.15) is 64.0 Å². The van der Waals surface area contributed by atoms with Crippen molar-refractivity contribution >= 4 is 17.0 Å². The van der Waals surface area contributed by atoms with E-state index in [9.17, 15) is 5.11 Å². The number of aromatic hydroxyl groups is 1. The molecule has 0 spiro atoms. The Morgan fingerprint density at radius 3 is 2.55 bits per heavy atom. The third-order valence-corrected chi connectivity index (χ3v) is 3.98. The van der Waals surface area contributed by atoms with Gasteiger partial charge in [0.1, 0.15) is 11.4 Å². The number of allylic oxidation sites excluding steroid dienone is 1. The van der Waals surface area contributed by atoms with Gasteiger partial charge < -0.3 is 5.11 Å². The molecule has 1 aromatic carbocycles. The zero-order valence-corrected chi connectivity index (χ0v) is 13.6. The zero-order valence-electron chi connectivity index (χ0n) is 13.6. The fourth-order valence-electron chi connectivity index (χ4n) is 2.66. The first-order chi connectivity index (χ1) is 10.8. The summed E-state index contributed by atoms with van der Waals surface area (Å²) in [5.41, 5.74) is 1.59. The van der Waals surface area contributed by atoms with E-state index in [1.54, 1.807) is 6.07 Å². The molecule has 1 aromatic heterocycles. The van der Waals surface area contributed by atoms with Gasteiger partial charge in [-0.2, -0.15) is 0 Å². The maximum atomic E-state index is 10.0. The molecule has 0 radical (unpaired) electrons. The number of para-hydroxylation sites is 1. The van der Waals surface area contributed by atoms with Gasteiger partial charge in [0.2, 0.25) is 0 Å². The number of nitrogens with zero attached hydrogens (tertiary/aromatic N) is 1. The summed E-state index contributed by atoms with van der Waals surface area (Å²) >= 11 is 0. The monoisotopic (exact) mass is 297 g/mol. The molecule has 0 aliphatic rings. The Hall–Kier alpha value is -1.83. The second-order valence-electron chi connectivity index (χ2n) is 5.90. The van der Waals surface area contributed by atoms with E-state index in [1.165, 1.54) is 44.9 Å². The Morgan fingerprint density at radius 2 is 1.73 bits per heavy atom. The summed E-state index contributed by atoms with van der Waals surface area (Å²) in [5.74, 6) is 0.259. The van der Waals surface area contributed by atoms with Gasteiger partial charge >= 0.3 is 0 Å². The predicted octanol–water partition coefficient (Wildman–Crippen LogP) is 6.09. The molecule has 0 fully saturated rings. The van der Waals surface area contributed by atoms with Gasteiger partial charge in [0.15, 0.2) is 0 Å². The molecule has 0 aliphatic carbocycles. The normalized spacial score (nSPS) is 11.5. The third kappa shape index (κ3) is 5.18. The molecule has 2 aromatic rings. The lowest BCUT2D eigenvalue weighted by Crippen LogP contribution is -1.85. The van der Waals surface area contributed by atoms with Crippen LogP contribution in [-0.4, -0.2) is 10.1 Å². The average Bonchev–Trinajstić information content (AvgIpc) is 2.53. The number of hydrogen-bond acceptors (Lipinski definition) is 2. The number of aromatic nitrogens is 1. The summed E-state index contributed by atoms with van der Waals surface area (Å²) in [5, 5.41) is 11.0. The van der Waals surface area contributed by atoms with Crippen molar-refractivity contribution in [2.45, 2.75) is 58.3 Å². The van der Waals surface area contributed by atoms with E-state index in [0.717, 1.165) is 17.3 Å². The zero-order chi connectivity index (χ0) is 15.6. The van der Waals surface area contributed by atoms with Crippen LogP contribution in [0.5, 0.6) is 5.75 Å². The predicted molar refractivity (Wildman–Crippen MR) is 95.1 cm³/mol. The molecule has 0 saturated heterocycles. The van der Waals surface area contributed by atoms with Gasteiger partial charge in [-0.05, 0) is 31.1 Å². The Labute approximate surface area is 133 Å². The van der Waals surface area contributed by atoms with Crippen molar-refractivity contribution < 1.29 is 5.11 Å². The second-order valence-corrected chi connectivity index (χ2v) is 5.90. The standard InChI is InChI=1S/C20H27NO/c1-2-3-4-5-6-7-8-9-10-15-19-20(22)16-17-13-11-12-14-18(17)21-19/h10-16,22H,2-9H2,1H3. The molecule has 118 valence electrons. The highest BCUT2D eigenvalue weighted by molar-refractivity contribution is 5.81. The molecule has 1 N–H and O–H groups in total. The number of hydrogen-bond donors (Lipinski definition) is 1. The summed E-state index contributed by atoms with van der Waals surface area (Å²) in [4.78, 5) is 4.51. The van der Waals surface area contributed by atoms with Crippen LogP contribution in [-0.2, 0) is 0 Å². The minimum absolute atomic E-state index is 0.259. The van der Waals surface area contributed by atoms with Crippen LogP contribution in [0.4, 0.5) is 0 Å². The van der Waals surface area contributed by atoms with Crippen LogP contribution in [0.3, 0.4) is 0 Å². The lowest BCUT2D eigenvalue weighted by Gasteiger charge is -2.02. The Kier molecular flexibility index (Phi) is 6.95. The highest BCUT2D eigenvalue weighted by Crippen LogP contribution is 2.23. The van der Waals surface area contributed by atoms with Crippen molar-refractivity contribution in [1.82, 2.24) is 4.98 Å². The van der Waals surface area contributed by atoms with Crippen molar-refractivity contribution in [2.24, 2.45) is 0 Å². The largest absolute Gasteiger partial charge is 0.506 e. The van der Waals surface area contributed by atoms with Gasteiger partial charge in [-0.3, -0.25) is 0 Å². The van der Waals surface area contributed by atoms with Crippen LogP contribution in [0.15, 0.2) is 36.4 Å². The molecule has 0 aliphatic heterocycles. The molecule has 0 saturated carbocycles. The van der Waals surface area contributed by atoms with Crippen molar-refractivity contribution in [1.29, 1.82) is 0 Å². The van der Waals surface area contributed by atoms with Gasteiger partial charge in [0.25, 0.3) is 0 Å². The number of unbranched alkanes of at least 4 members (excludes halogenated alkanes) is 7. The van der Waals surface area contributed by atoms with Gasteiger partial charge in [0.05, 0.1) is 5.52 Å². The first-order valence-electron chi connectivity index (χ1n) is 8.56. The maximum Gasteiger partial charge on any atom is 0.141 e. The SMILES string of the molecule is CCCCCCCCCC=Cc1nc2ccccc2cc1O. The van der Waals surface area contributed by atoms with Crippen LogP contribution in [0.2, 0.25) is 0 Å². The smallest absolute Gasteiger partial charge is 0.141 e. The quantitative estimate of drug-likeness (QED) is 0.568. The minimum atomic E-state index is 0.259. The highest BCUT2D eigenvalue weighted by Gasteiger charge is 2.02. The lowest BCUT2D eigenvalue weighted by molar-refractivity contribution is 0.472. The molecule has 1 heterocycles. The van der Waals surface area contributed by atoms with E-state index < -0.39 is 0 Å². The van der Waals surface area contributed by atoms with Crippen LogP contribution in [0, 0.1) is 0 Å². The van der Waals surface area contributed by atoms with Crippen molar-refractivity contribution in [3.63, 3.8) is 0 Å². The van der Waals surface area contributed by atoms with Crippen LogP contribution in [0.25, 0.3) is 17.0 Å². The molecular weight excluding hydrogens is 270 g/mol. The Balaban J connectivity index is 1.77. The van der Waals surface area contributed by atoms with Crippen molar-refractivity contribution in [3.05, 3.63) is 42.1 Å². The van der Waals surface area contributed by atoms with E-state index in [2.05, 4.69) is 18.0 Å². The molecule has 2 rings (SSSR count). The first-order valence-corrected chi connectivity index (χ1v) is 8.56. The topological polar surface area (TPSA) is 33.1 Å². The van der Waals surface area contributed by atoms with E-state index in [4.69, 9.17) is 0 Å².